The average Bonchev–Trinajstić information content (AvgIpc) is 1.99. The number of unbranched alkanes of at least 4 members (excludes halogenated alkanes) is 1. The molecular weight excluding hydrogens is 144 g/mol. The maximum absolute atomic E-state index is 10.7. The summed E-state index contributed by atoms with van der Waals surface area (Å²) in [6.45, 7) is 0.641. The van der Waals surface area contributed by atoms with Crippen LogP contribution in [0.15, 0.2) is 0 Å². The molecule has 0 rings (SSSR count). The summed E-state index contributed by atoms with van der Waals surface area (Å²) in [6, 6.07) is 1.99. The van der Waals surface area contributed by atoms with Crippen molar-refractivity contribution in [1.29, 1.82) is 5.26 Å². The van der Waals surface area contributed by atoms with E-state index in [1.165, 1.54) is 7.11 Å². The lowest BCUT2D eigenvalue weighted by Crippen LogP contribution is -2.27. The predicted octanol–water partition coefficient (Wildman–Crippen LogP) is 0.0528. The van der Waals surface area contributed by atoms with Crippen LogP contribution in [0.4, 0.5) is 0 Å². The first kappa shape index (κ1) is 9.92. The Morgan fingerprint density at radius 3 is 3.00 bits per heavy atom. The summed E-state index contributed by atoms with van der Waals surface area (Å²) in [7, 11) is 1.47. The van der Waals surface area contributed by atoms with E-state index in [1.807, 2.05) is 6.07 Å². The Balaban J connectivity index is 3.12. The lowest BCUT2D eigenvalue weighted by atomic mass is 10.3. The Bertz CT molecular complexity index is 151. The second-order valence-corrected chi connectivity index (χ2v) is 2.04. The number of hydrogen-bond acceptors (Lipinski definition) is 3. The van der Waals surface area contributed by atoms with Crippen molar-refractivity contribution in [2.24, 2.45) is 0 Å². The molecule has 1 amide bonds. The van der Waals surface area contributed by atoms with Crippen molar-refractivity contribution in [3.63, 3.8) is 0 Å². The molecule has 4 heteroatoms. The second-order valence-electron chi connectivity index (χ2n) is 2.04. The molecule has 0 fully saturated rings. The van der Waals surface area contributed by atoms with Crippen molar-refractivity contribution < 1.29 is 9.53 Å². The number of carbonyl (C=O) groups is 1. The first-order chi connectivity index (χ1) is 5.31. The number of amides is 1. The van der Waals surface area contributed by atoms with Gasteiger partial charge in [0.25, 0.3) is 0 Å². The minimum atomic E-state index is -0.134. The number of nitrogens with one attached hydrogen (secondary N) is 1. The minimum Gasteiger partial charge on any atom is -0.375 e. The van der Waals surface area contributed by atoms with Gasteiger partial charge in [-0.25, -0.2) is 0 Å². The van der Waals surface area contributed by atoms with Crippen molar-refractivity contribution in [3.05, 3.63) is 0 Å². The van der Waals surface area contributed by atoms with Crippen LogP contribution in [0.5, 0.6) is 0 Å². The van der Waals surface area contributed by atoms with E-state index < -0.39 is 0 Å². The maximum Gasteiger partial charge on any atom is 0.245 e. The summed E-state index contributed by atoms with van der Waals surface area (Å²) in [5.41, 5.74) is 0. The largest absolute Gasteiger partial charge is 0.375 e. The van der Waals surface area contributed by atoms with Gasteiger partial charge in [-0.2, -0.15) is 5.26 Å². The van der Waals surface area contributed by atoms with Crippen molar-refractivity contribution in [2.75, 3.05) is 20.3 Å². The molecule has 0 unspecified atom stereocenters. The molecule has 62 valence electrons. The van der Waals surface area contributed by atoms with Crippen LogP contribution in [0.3, 0.4) is 0 Å². The minimum absolute atomic E-state index is 0.0898. The molecule has 0 spiro atoms. The Morgan fingerprint density at radius 2 is 2.45 bits per heavy atom. The molecule has 0 saturated heterocycles. The monoisotopic (exact) mass is 156 g/mol. The number of nitrogens with zero attached hydrogens (tertiary/aromatic N) is 1. The zero-order valence-corrected chi connectivity index (χ0v) is 6.59. The van der Waals surface area contributed by atoms with Gasteiger partial charge >= 0.3 is 0 Å². The number of nitriles is 1. The van der Waals surface area contributed by atoms with E-state index in [-0.39, 0.29) is 12.5 Å². The van der Waals surface area contributed by atoms with Crippen LogP contribution in [0.1, 0.15) is 12.8 Å². The van der Waals surface area contributed by atoms with Crippen LogP contribution in [-0.2, 0) is 9.53 Å². The highest BCUT2D eigenvalue weighted by Crippen LogP contribution is 1.82. The van der Waals surface area contributed by atoms with Gasteiger partial charge in [-0.15, -0.1) is 0 Å². The third kappa shape index (κ3) is 6.81. The van der Waals surface area contributed by atoms with Gasteiger partial charge in [0.1, 0.15) is 6.61 Å². The zero-order chi connectivity index (χ0) is 8.53. The average molecular weight is 156 g/mol. The molecule has 0 radical (unpaired) electrons. The summed E-state index contributed by atoms with van der Waals surface area (Å²) in [4.78, 5) is 10.7. The standard InChI is InChI=1S/C7H12N2O2/c1-11-6-7(10)9-5-3-2-4-8/h2-3,5-6H2,1H3,(H,9,10). The highest BCUT2D eigenvalue weighted by atomic mass is 16.5. The Morgan fingerprint density at radius 1 is 1.73 bits per heavy atom. The Kier molecular flexibility index (Phi) is 6.34. The first-order valence-electron chi connectivity index (χ1n) is 3.44. The summed E-state index contributed by atoms with van der Waals surface area (Å²) in [5.74, 6) is -0.134. The fourth-order valence-electron chi connectivity index (χ4n) is 0.577. The van der Waals surface area contributed by atoms with Gasteiger partial charge in [0.05, 0.1) is 6.07 Å². The molecule has 0 aromatic rings. The van der Waals surface area contributed by atoms with Crippen molar-refractivity contribution in [2.45, 2.75) is 12.8 Å². The molecule has 0 aliphatic heterocycles. The van der Waals surface area contributed by atoms with E-state index in [1.54, 1.807) is 0 Å². The van der Waals surface area contributed by atoms with Crippen LogP contribution in [0.25, 0.3) is 0 Å². The molecule has 0 saturated carbocycles. The van der Waals surface area contributed by atoms with Gasteiger partial charge in [0.15, 0.2) is 0 Å². The third-order valence-corrected chi connectivity index (χ3v) is 1.06. The molecule has 1 N–H and O–H groups in total. The summed E-state index contributed by atoms with van der Waals surface area (Å²) in [5, 5.41) is 10.8. The van der Waals surface area contributed by atoms with Gasteiger partial charge in [0, 0.05) is 20.1 Å². The molecule has 11 heavy (non-hydrogen) atoms. The second kappa shape index (κ2) is 7.03. The van der Waals surface area contributed by atoms with Crippen molar-refractivity contribution in [3.8, 4) is 6.07 Å². The van der Waals surface area contributed by atoms with Gasteiger partial charge in [-0.3, -0.25) is 4.79 Å². The Labute approximate surface area is 66.1 Å². The highest BCUT2D eigenvalue weighted by molar-refractivity contribution is 5.77. The third-order valence-electron chi connectivity index (χ3n) is 1.06. The molecule has 0 aliphatic rings. The van der Waals surface area contributed by atoms with Crippen LogP contribution < -0.4 is 5.32 Å². The zero-order valence-electron chi connectivity index (χ0n) is 6.59. The smallest absolute Gasteiger partial charge is 0.245 e. The number of hydrogen-bond donors (Lipinski definition) is 1. The predicted molar refractivity (Wildman–Crippen MR) is 39.7 cm³/mol. The number of rotatable bonds is 5. The molecule has 0 heterocycles. The summed E-state index contributed by atoms with van der Waals surface area (Å²) < 4.78 is 4.58. The van der Waals surface area contributed by atoms with Crippen LogP contribution in [-0.4, -0.2) is 26.2 Å². The number of carbonyl (C=O) groups excluding carboxylic acids is 1. The topological polar surface area (TPSA) is 62.1 Å². The van der Waals surface area contributed by atoms with E-state index >= 15 is 0 Å². The molecular formula is C7H12N2O2. The SMILES string of the molecule is COCC(=O)NCCCC#N. The molecule has 0 aromatic heterocycles. The molecule has 4 nitrogen and oxygen atoms in total. The molecule has 0 aromatic carbocycles. The van der Waals surface area contributed by atoms with Gasteiger partial charge < -0.3 is 10.1 Å². The van der Waals surface area contributed by atoms with Crippen LogP contribution >= 0.6 is 0 Å². The van der Waals surface area contributed by atoms with E-state index in [0.717, 1.165) is 0 Å². The maximum atomic E-state index is 10.7. The van der Waals surface area contributed by atoms with Gasteiger partial charge in [0.2, 0.25) is 5.91 Å². The van der Waals surface area contributed by atoms with Crippen LogP contribution in [0, 0.1) is 11.3 Å². The van der Waals surface area contributed by atoms with E-state index in [4.69, 9.17) is 5.26 Å². The molecule has 0 atom stereocenters. The van der Waals surface area contributed by atoms with E-state index in [2.05, 4.69) is 10.1 Å². The normalized spacial score (nSPS) is 8.73. The lowest BCUT2D eigenvalue weighted by Gasteiger charge is -2.00. The number of ether oxygens (including phenoxy) is 1. The van der Waals surface area contributed by atoms with Crippen LogP contribution in [0.2, 0.25) is 0 Å². The Hall–Kier alpha value is -1.08. The van der Waals surface area contributed by atoms with Gasteiger partial charge in [-0.1, -0.05) is 0 Å². The fourth-order valence-corrected chi connectivity index (χ4v) is 0.577. The van der Waals surface area contributed by atoms with E-state index in [9.17, 15) is 4.79 Å². The fraction of sp³-hybridized carbons (Fsp3) is 0.714. The highest BCUT2D eigenvalue weighted by Gasteiger charge is 1.96. The van der Waals surface area contributed by atoms with Crippen molar-refractivity contribution in [1.82, 2.24) is 5.32 Å². The lowest BCUT2D eigenvalue weighted by molar-refractivity contribution is -0.124. The molecule has 0 aliphatic carbocycles. The van der Waals surface area contributed by atoms with E-state index in [0.29, 0.717) is 19.4 Å². The summed E-state index contributed by atoms with van der Waals surface area (Å²) >= 11 is 0. The van der Waals surface area contributed by atoms with Gasteiger partial charge in [-0.05, 0) is 6.42 Å². The number of methoxy groups -OCH3 is 1. The van der Waals surface area contributed by atoms with Crippen molar-refractivity contribution >= 4 is 5.91 Å². The summed E-state index contributed by atoms with van der Waals surface area (Å²) in [6.07, 6.45) is 1.18. The first-order valence-corrected chi connectivity index (χ1v) is 3.44. The molecule has 0 bridgehead atoms. The quantitative estimate of drug-likeness (QED) is 0.572.